The molecule has 1 heterocycles. The van der Waals surface area contributed by atoms with E-state index in [0.717, 1.165) is 0 Å². The number of nitrogens with one attached hydrogen (secondary N) is 1. The van der Waals surface area contributed by atoms with Crippen LogP contribution < -0.4 is 14.8 Å². The van der Waals surface area contributed by atoms with Crippen molar-refractivity contribution in [1.82, 2.24) is 0 Å². The van der Waals surface area contributed by atoms with Gasteiger partial charge in [0.1, 0.15) is 0 Å². The quantitative estimate of drug-likeness (QED) is 0.869. The Morgan fingerprint density at radius 1 is 1.39 bits per heavy atom. The van der Waals surface area contributed by atoms with Gasteiger partial charge in [0.25, 0.3) is 0 Å². The first kappa shape index (κ1) is 13.3. The normalized spacial score (nSPS) is 13.6. The monoisotopic (exact) mass is 289 g/mol. The lowest BCUT2D eigenvalue weighted by atomic mass is 9.95. The maximum Gasteiger partial charge on any atom is 0.231 e. The zero-order chi connectivity index (χ0) is 13.3. The molecule has 1 aromatic rings. The zero-order valence-electron chi connectivity index (χ0n) is 10.0. The second-order valence-electron chi connectivity index (χ2n) is 4.66. The summed E-state index contributed by atoms with van der Waals surface area (Å²) >= 11 is 11.8. The highest BCUT2D eigenvalue weighted by molar-refractivity contribution is 6.34. The zero-order valence-corrected chi connectivity index (χ0v) is 11.6. The van der Waals surface area contributed by atoms with Crippen molar-refractivity contribution in [2.24, 2.45) is 5.41 Å². The van der Waals surface area contributed by atoms with Crippen LogP contribution in [0.25, 0.3) is 0 Å². The molecule has 1 aliphatic rings. The van der Waals surface area contributed by atoms with E-state index in [9.17, 15) is 4.79 Å². The summed E-state index contributed by atoms with van der Waals surface area (Å²) in [5.41, 5.74) is -0.176. The predicted octanol–water partition coefficient (Wildman–Crippen LogP) is 3.27. The maximum absolute atomic E-state index is 12.0. The molecule has 0 unspecified atom stereocenters. The van der Waals surface area contributed by atoms with Gasteiger partial charge in [0.15, 0.2) is 11.5 Å². The van der Waals surface area contributed by atoms with E-state index in [-0.39, 0.29) is 18.6 Å². The van der Waals surface area contributed by atoms with Gasteiger partial charge in [0, 0.05) is 18.0 Å². The van der Waals surface area contributed by atoms with Crippen LogP contribution in [0.3, 0.4) is 0 Å². The molecule has 0 aromatic heterocycles. The first-order valence-electron chi connectivity index (χ1n) is 5.40. The van der Waals surface area contributed by atoms with Crippen LogP contribution in [0, 0.1) is 5.41 Å². The van der Waals surface area contributed by atoms with Gasteiger partial charge in [-0.1, -0.05) is 11.6 Å². The van der Waals surface area contributed by atoms with Crippen molar-refractivity contribution >= 4 is 34.8 Å². The molecule has 2 rings (SSSR count). The number of benzene rings is 1. The van der Waals surface area contributed by atoms with Crippen LogP contribution in [-0.2, 0) is 4.79 Å². The highest BCUT2D eigenvalue weighted by Gasteiger charge is 2.27. The van der Waals surface area contributed by atoms with E-state index in [4.69, 9.17) is 32.7 Å². The van der Waals surface area contributed by atoms with E-state index in [1.807, 2.05) is 0 Å². The third-order valence-electron chi connectivity index (χ3n) is 2.66. The number of carbonyl (C=O) groups excluding carboxylic acids is 1. The average molecular weight is 290 g/mol. The van der Waals surface area contributed by atoms with Crippen LogP contribution in [0.15, 0.2) is 12.1 Å². The van der Waals surface area contributed by atoms with Crippen molar-refractivity contribution in [3.8, 4) is 11.5 Å². The lowest BCUT2D eigenvalue weighted by molar-refractivity contribution is -0.122. The van der Waals surface area contributed by atoms with Gasteiger partial charge in [-0.05, 0) is 13.8 Å². The van der Waals surface area contributed by atoms with E-state index < -0.39 is 5.41 Å². The molecule has 1 aliphatic heterocycles. The molecule has 1 aromatic carbocycles. The Balaban J connectivity index is 2.22. The molecule has 0 saturated carbocycles. The van der Waals surface area contributed by atoms with Gasteiger partial charge < -0.3 is 14.8 Å². The molecular weight excluding hydrogens is 277 g/mol. The molecule has 0 fully saturated rings. The molecule has 0 atom stereocenters. The average Bonchev–Trinajstić information content (AvgIpc) is 2.76. The highest BCUT2D eigenvalue weighted by atomic mass is 35.5. The number of carbonyl (C=O) groups is 1. The molecule has 98 valence electrons. The molecule has 0 aliphatic carbocycles. The molecule has 0 radical (unpaired) electrons. The van der Waals surface area contributed by atoms with Gasteiger partial charge in [-0.15, -0.1) is 11.6 Å². The fourth-order valence-electron chi connectivity index (χ4n) is 1.37. The predicted molar refractivity (Wildman–Crippen MR) is 70.7 cm³/mol. The van der Waals surface area contributed by atoms with E-state index in [1.54, 1.807) is 26.0 Å². The summed E-state index contributed by atoms with van der Waals surface area (Å²) in [7, 11) is 0. The summed E-state index contributed by atoms with van der Waals surface area (Å²) in [6.45, 7) is 3.68. The Kier molecular flexibility index (Phi) is 3.59. The summed E-state index contributed by atoms with van der Waals surface area (Å²) in [5, 5.41) is 3.14. The number of halogens is 2. The Hall–Kier alpha value is -1.13. The molecule has 0 saturated heterocycles. The fraction of sp³-hybridized carbons (Fsp3) is 0.417. The molecule has 18 heavy (non-hydrogen) atoms. The minimum Gasteiger partial charge on any atom is -0.454 e. The first-order valence-corrected chi connectivity index (χ1v) is 6.32. The number of rotatable bonds is 3. The van der Waals surface area contributed by atoms with Gasteiger partial charge in [-0.2, -0.15) is 0 Å². The smallest absolute Gasteiger partial charge is 0.231 e. The van der Waals surface area contributed by atoms with E-state index in [0.29, 0.717) is 22.2 Å². The van der Waals surface area contributed by atoms with E-state index in [1.165, 1.54) is 0 Å². The van der Waals surface area contributed by atoms with E-state index in [2.05, 4.69) is 5.32 Å². The molecular formula is C12H13Cl2NO3. The van der Waals surface area contributed by atoms with Crippen LogP contribution in [0.4, 0.5) is 5.69 Å². The SMILES string of the molecule is CC(C)(CCl)C(=O)Nc1cc2c(cc1Cl)OCO2. The third kappa shape index (κ3) is 2.49. The van der Waals surface area contributed by atoms with Gasteiger partial charge in [-0.3, -0.25) is 4.79 Å². The summed E-state index contributed by atoms with van der Waals surface area (Å²) in [6, 6.07) is 3.26. The molecule has 0 bridgehead atoms. The van der Waals surface area contributed by atoms with Crippen molar-refractivity contribution in [3.63, 3.8) is 0 Å². The lowest BCUT2D eigenvalue weighted by Crippen LogP contribution is -2.32. The number of alkyl halides is 1. The maximum atomic E-state index is 12.0. The Bertz CT molecular complexity index is 488. The van der Waals surface area contributed by atoms with Crippen molar-refractivity contribution in [2.45, 2.75) is 13.8 Å². The molecule has 1 amide bonds. The molecule has 0 spiro atoms. The molecule has 6 heteroatoms. The third-order valence-corrected chi connectivity index (χ3v) is 3.64. The summed E-state index contributed by atoms with van der Waals surface area (Å²) in [6.07, 6.45) is 0. The van der Waals surface area contributed by atoms with Crippen molar-refractivity contribution in [1.29, 1.82) is 0 Å². The highest BCUT2D eigenvalue weighted by Crippen LogP contribution is 2.39. The first-order chi connectivity index (χ1) is 8.44. The number of amides is 1. The number of fused-ring (bicyclic) bond motifs is 1. The lowest BCUT2D eigenvalue weighted by Gasteiger charge is -2.20. The number of anilines is 1. The molecule has 4 nitrogen and oxygen atoms in total. The molecule has 1 N–H and O–H groups in total. The van der Waals surface area contributed by atoms with Crippen LogP contribution in [0.5, 0.6) is 11.5 Å². The van der Waals surface area contributed by atoms with Gasteiger partial charge in [0.2, 0.25) is 12.7 Å². The van der Waals surface area contributed by atoms with Gasteiger partial charge in [-0.25, -0.2) is 0 Å². The Morgan fingerprint density at radius 3 is 2.61 bits per heavy atom. The number of hydrogen-bond donors (Lipinski definition) is 1. The van der Waals surface area contributed by atoms with Crippen molar-refractivity contribution < 1.29 is 14.3 Å². The minimum atomic E-state index is -0.665. The van der Waals surface area contributed by atoms with Crippen LogP contribution in [0.1, 0.15) is 13.8 Å². The number of ether oxygens (including phenoxy) is 2. The second-order valence-corrected chi connectivity index (χ2v) is 5.33. The Morgan fingerprint density at radius 2 is 2.00 bits per heavy atom. The summed E-state index contributed by atoms with van der Waals surface area (Å²) < 4.78 is 10.4. The second kappa shape index (κ2) is 4.86. The topological polar surface area (TPSA) is 47.6 Å². The van der Waals surface area contributed by atoms with Crippen molar-refractivity contribution in [2.75, 3.05) is 18.0 Å². The largest absolute Gasteiger partial charge is 0.454 e. The van der Waals surface area contributed by atoms with Crippen molar-refractivity contribution in [3.05, 3.63) is 17.2 Å². The van der Waals surface area contributed by atoms with Crippen LogP contribution in [0.2, 0.25) is 5.02 Å². The van der Waals surface area contributed by atoms with E-state index >= 15 is 0 Å². The Labute approximate surface area is 115 Å². The standard InChI is InChI=1S/C12H13Cl2NO3/c1-12(2,5-13)11(16)15-8-4-10-9(3-7(8)14)17-6-18-10/h3-4H,5-6H2,1-2H3,(H,15,16). The van der Waals surface area contributed by atoms with Crippen LogP contribution in [-0.4, -0.2) is 18.6 Å². The summed E-state index contributed by atoms with van der Waals surface area (Å²) in [5.74, 6) is 1.17. The summed E-state index contributed by atoms with van der Waals surface area (Å²) in [4.78, 5) is 12.0. The fourth-order valence-corrected chi connectivity index (χ4v) is 1.69. The van der Waals surface area contributed by atoms with Gasteiger partial charge in [0.05, 0.1) is 16.1 Å². The minimum absolute atomic E-state index is 0.163. The van der Waals surface area contributed by atoms with Gasteiger partial charge >= 0.3 is 0 Å². The van der Waals surface area contributed by atoms with Crippen LogP contribution >= 0.6 is 23.2 Å². The number of hydrogen-bond acceptors (Lipinski definition) is 3.